The van der Waals surface area contributed by atoms with Crippen molar-refractivity contribution < 1.29 is 0 Å². The lowest BCUT2D eigenvalue weighted by molar-refractivity contribution is 0.698. The van der Waals surface area contributed by atoms with Gasteiger partial charge in [-0.2, -0.15) is 5.10 Å². The third kappa shape index (κ3) is 2.35. The summed E-state index contributed by atoms with van der Waals surface area (Å²) in [6.45, 7) is 2.84. The molecule has 0 aliphatic carbocycles. The monoisotopic (exact) mass is 249 g/mol. The maximum Gasteiger partial charge on any atom is 0.0843 e. The van der Waals surface area contributed by atoms with Gasteiger partial charge in [-0.05, 0) is 31.7 Å². The maximum absolute atomic E-state index is 5.91. The van der Waals surface area contributed by atoms with Crippen molar-refractivity contribution in [3.05, 3.63) is 40.7 Å². The van der Waals surface area contributed by atoms with Gasteiger partial charge in [-0.3, -0.25) is 4.68 Å². The third-order valence-electron chi connectivity index (χ3n) is 2.88. The summed E-state index contributed by atoms with van der Waals surface area (Å²) in [5.41, 5.74) is 4.58. The number of halogens is 1. The first kappa shape index (κ1) is 12.1. The van der Waals surface area contributed by atoms with Crippen molar-refractivity contribution in [1.82, 2.24) is 15.1 Å². The van der Waals surface area contributed by atoms with E-state index in [1.807, 2.05) is 43.0 Å². The van der Waals surface area contributed by atoms with Gasteiger partial charge < -0.3 is 5.32 Å². The van der Waals surface area contributed by atoms with Crippen molar-refractivity contribution in [3.63, 3.8) is 0 Å². The van der Waals surface area contributed by atoms with E-state index in [0.717, 1.165) is 28.5 Å². The molecule has 3 nitrogen and oxygen atoms in total. The fraction of sp³-hybridized carbons (Fsp3) is 0.308. The van der Waals surface area contributed by atoms with Crippen LogP contribution in [0.15, 0.2) is 24.3 Å². The van der Waals surface area contributed by atoms with Gasteiger partial charge in [0.15, 0.2) is 0 Å². The van der Waals surface area contributed by atoms with Crippen LogP contribution in [0.2, 0.25) is 5.02 Å². The number of rotatable bonds is 3. The van der Waals surface area contributed by atoms with E-state index in [1.54, 1.807) is 0 Å². The quantitative estimate of drug-likeness (QED) is 0.907. The van der Waals surface area contributed by atoms with Gasteiger partial charge >= 0.3 is 0 Å². The maximum atomic E-state index is 5.91. The second kappa shape index (κ2) is 4.90. The summed E-state index contributed by atoms with van der Waals surface area (Å²) in [6, 6.07) is 7.88. The summed E-state index contributed by atoms with van der Waals surface area (Å²) in [5, 5.41) is 8.42. The molecule has 90 valence electrons. The lowest BCUT2D eigenvalue weighted by Crippen LogP contribution is -2.07. The molecule has 0 atom stereocenters. The Hall–Kier alpha value is -1.32. The van der Waals surface area contributed by atoms with Crippen LogP contribution in [0.1, 0.15) is 11.4 Å². The van der Waals surface area contributed by atoms with Crippen molar-refractivity contribution in [3.8, 4) is 11.1 Å². The van der Waals surface area contributed by atoms with Crippen molar-refractivity contribution >= 4 is 11.6 Å². The fourth-order valence-corrected chi connectivity index (χ4v) is 2.09. The Balaban J connectivity index is 2.53. The molecule has 0 amide bonds. The second-order valence-corrected chi connectivity index (χ2v) is 4.50. The number of hydrogen-bond acceptors (Lipinski definition) is 2. The summed E-state index contributed by atoms with van der Waals surface area (Å²) in [4.78, 5) is 0. The van der Waals surface area contributed by atoms with Gasteiger partial charge in [0.05, 0.1) is 5.69 Å². The zero-order chi connectivity index (χ0) is 12.4. The molecular formula is C13H16ClN3. The first-order chi connectivity index (χ1) is 8.13. The zero-order valence-corrected chi connectivity index (χ0v) is 11.0. The molecule has 0 radical (unpaired) electrons. The van der Waals surface area contributed by atoms with Crippen molar-refractivity contribution in [1.29, 1.82) is 0 Å². The lowest BCUT2D eigenvalue weighted by atomic mass is 10.0. The van der Waals surface area contributed by atoms with E-state index in [9.17, 15) is 0 Å². The molecule has 4 heteroatoms. The smallest absolute Gasteiger partial charge is 0.0843 e. The van der Waals surface area contributed by atoms with E-state index in [4.69, 9.17) is 11.6 Å². The molecule has 1 aromatic carbocycles. The van der Waals surface area contributed by atoms with E-state index in [2.05, 4.69) is 17.3 Å². The van der Waals surface area contributed by atoms with Crippen LogP contribution in [0.5, 0.6) is 0 Å². The van der Waals surface area contributed by atoms with Gasteiger partial charge in [-0.15, -0.1) is 0 Å². The van der Waals surface area contributed by atoms with Crippen LogP contribution < -0.4 is 5.32 Å². The highest BCUT2D eigenvalue weighted by Gasteiger charge is 2.13. The first-order valence-electron chi connectivity index (χ1n) is 5.56. The Morgan fingerprint density at radius 1 is 1.29 bits per heavy atom. The van der Waals surface area contributed by atoms with Crippen molar-refractivity contribution in [2.45, 2.75) is 13.5 Å². The molecule has 0 fully saturated rings. The molecule has 0 bridgehead atoms. The molecule has 0 spiro atoms. The van der Waals surface area contributed by atoms with Crippen LogP contribution in [0.3, 0.4) is 0 Å². The van der Waals surface area contributed by atoms with Gasteiger partial charge in [0, 0.05) is 29.9 Å². The Morgan fingerprint density at radius 3 is 2.53 bits per heavy atom. The van der Waals surface area contributed by atoms with E-state index in [1.165, 1.54) is 5.56 Å². The van der Waals surface area contributed by atoms with Crippen LogP contribution in [0.25, 0.3) is 11.1 Å². The number of hydrogen-bond donors (Lipinski definition) is 1. The SMILES string of the molecule is CNCc1nn(C)c(C)c1-c1ccc(Cl)cc1. The lowest BCUT2D eigenvalue weighted by Gasteiger charge is -2.04. The van der Waals surface area contributed by atoms with Gasteiger partial charge in [-0.25, -0.2) is 0 Å². The van der Waals surface area contributed by atoms with Crippen molar-refractivity contribution in [2.75, 3.05) is 7.05 Å². The Labute approximate surface area is 106 Å². The standard InChI is InChI=1S/C13H16ClN3/c1-9-13(10-4-6-11(14)7-5-10)12(8-15-2)16-17(9)3/h4-7,15H,8H2,1-3H3. The number of aromatic nitrogens is 2. The zero-order valence-electron chi connectivity index (χ0n) is 10.3. The molecule has 1 aromatic heterocycles. The summed E-state index contributed by atoms with van der Waals surface area (Å²) >= 11 is 5.91. The van der Waals surface area contributed by atoms with Gasteiger partial charge in [-0.1, -0.05) is 23.7 Å². The summed E-state index contributed by atoms with van der Waals surface area (Å²) in [6.07, 6.45) is 0. The minimum absolute atomic E-state index is 0.755. The minimum Gasteiger partial charge on any atom is -0.314 e. The summed E-state index contributed by atoms with van der Waals surface area (Å²) in [7, 11) is 3.89. The second-order valence-electron chi connectivity index (χ2n) is 4.07. The van der Waals surface area contributed by atoms with Crippen LogP contribution in [-0.2, 0) is 13.6 Å². The Morgan fingerprint density at radius 2 is 1.94 bits per heavy atom. The molecule has 17 heavy (non-hydrogen) atoms. The highest BCUT2D eigenvalue weighted by atomic mass is 35.5. The number of nitrogens with one attached hydrogen (secondary N) is 1. The summed E-state index contributed by atoms with van der Waals surface area (Å²) in [5.74, 6) is 0. The van der Waals surface area contributed by atoms with Gasteiger partial charge in [0.25, 0.3) is 0 Å². The molecular weight excluding hydrogens is 234 g/mol. The Bertz CT molecular complexity index is 514. The van der Waals surface area contributed by atoms with Gasteiger partial charge in [0.1, 0.15) is 0 Å². The van der Waals surface area contributed by atoms with E-state index < -0.39 is 0 Å². The largest absolute Gasteiger partial charge is 0.314 e. The molecule has 2 rings (SSSR count). The van der Waals surface area contributed by atoms with Gasteiger partial charge in [0.2, 0.25) is 0 Å². The van der Waals surface area contributed by atoms with Crippen molar-refractivity contribution in [2.24, 2.45) is 7.05 Å². The van der Waals surface area contributed by atoms with E-state index in [0.29, 0.717) is 0 Å². The third-order valence-corrected chi connectivity index (χ3v) is 3.14. The predicted molar refractivity (Wildman–Crippen MR) is 71.2 cm³/mol. The molecule has 1 heterocycles. The molecule has 0 unspecified atom stereocenters. The average Bonchev–Trinajstić information content (AvgIpc) is 2.57. The number of aryl methyl sites for hydroxylation is 1. The topological polar surface area (TPSA) is 29.9 Å². The normalized spacial score (nSPS) is 10.8. The summed E-state index contributed by atoms with van der Waals surface area (Å²) < 4.78 is 1.91. The molecule has 0 saturated carbocycles. The molecule has 2 aromatic rings. The Kier molecular flexibility index (Phi) is 3.50. The number of benzene rings is 1. The van der Waals surface area contributed by atoms with E-state index >= 15 is 0 Å². The van der Waals surface area contributed by atoms with E-state index in [-0.39, 0.29) is 0 Å². The molecule has 1 N–H and O–H groups in total. The van der Waals surface area contributed by atoms with Crippen LogP contribution in [0, 0.1) is 6.92 Å². The fourth-order valence-electron chi connectivity index (χ4n) is 1.96. The average molecular weight is 250 g/mol. The number of nitrogens with zero attached hydrogens (tertiary/aromatic N) is 2. The van der Waals surface area contributed by atoms with Crippen LogP contribution in [-0.4, -0.2) is 16.8 Å². The molecule has 0 saturated heterocycles. The predicted octanol–water partition coefficient (Wildman–Crippen LogP) is 2.77. The first-order valence-corrected chi connectivity index (χ1v) is 5.94. The van der Waals surface area contributed by atoms with Crippen LogP contribution in [0.4, 0.5) is 0 Å². The van der Waals surface area contributed by atoms with Crippen LogP contribution >= 0.6 is 11.6 Å². The highest BCUT2D eigenvalue weighted by molar-refractivity contribution is 6.30. The minimum atomic E-state index is 0.755. The highest BCUT2D eigenvalue weighted by Crippen LogP contribution is 2.27. The molecule has 0 aliphatic rings. The molecule has 0 aliphatic heterocycles.